The number of rotatable bonds is 4. The van der Waals surface area contributed by atoms with E-state index >= 15 is 0 Å². The van der Waals surface area contributed by atoms with Crippen LogP contribution in [0.5, 0.6) is 0 Å². The van der Waals surface area contributed by atoms with E-state index in [0.29, 0.717) is 16.8 Å². The van der Waals surface area contributed by atoms with Gasteiger partial charge in [0.25, 0.3) is 5.91 Å². The Morgan fingerprint density at radius 1 is 1.10 bits per heavy atom. The van der Waals surface area contributed by atoms with Crippen molar-refractivity contribution in [3.05, 3.63) is 65.5 Å². The van der Waals surface area contributed by atoms with Crippen molar-refractivity contribution in [1.29, 1.82) is 0 Å². The van der Waals surface area contributed by atoms with Gasteiger partial charge in [-0.3, -0.25) is 4.79 Å². The number of nitrogens with one attached hydrogen (secondary N) is 2. The van der Waals surface area contributed by atoms with E-state index in [-0.39, 0.29) is 18.3 Å². The third-order valence-corrected chi connectivity index (χ3v) is 2.79. The number of hydrogen-bond acceptors (Lipinski definition) is 2. The molecule has 0 aromatic heterocycles. The molecule has 6 heteroatoms. The van der Waals surface area contributed by atoms with Crippen LogP contribution in [-0.2, 0) is 6.54 Å². The molecule has 0 atom stereocenters. The Morgan fingerprint density at radius 3 is 2.57 bits per heavy atom. The number of amides is 3. The fraction of sp³-hybridized carbons (Fsp3) is 0.0667. The van der Waals surface area contributed by atoms with Crippen LogP contribution in [0.2, 0.25) is 0 Å². The van der Waals surface area contributed by atoms with Gasteiger partial charge in [-0.15, -0.1) is 0 Å². The average molecular weight is 287 g/mol. The molecule has 0 aliphatic rings. The Balaban J connectivity index is 2.03. The van der Waals surface area contributed by atoms with Crippen LogP contribution in [0.3, 0.4) is 0 Å². The molecule has 3 amide bonds. The summed E-state index contributed by atoms with van der Waals surface area (Å²) in [5.74, 6) is -0.742. The van der Waals surface area contributed by atoms with Crippen LogP contribution >= 0.6 is 0 Å². The summed E-state index contributed by atoms with van der Waals surface area (Å²) < 4.78 is 13.4. The van der Waals surface area contributed by atoms with Gasteiger partial charge in [0.15, 0.2) is 0 Å². The van der Waals surface area contributed by atoms with Crippen molar-refractivity contribution in [1.82, 2.24) is 5.32 Å². The molecular formula is C15H14FN3O2. The van der Waals surface area contributed by atoms with Crippen molar-refractivity contribution in [2.75, 3.05) is 5.32 Å². The lowest BCUT2D eigenvalue weighted by atomic mass is 10.1. The number of hydrogen-bond donors (Lipinski definition) is 3. The van der Waals surface area contributed by atoms with Crippen LogP contribution in [0.1, 0.15) is 15.9 Å². The lowest BCUT2D eigenvalue weighted by Crippen LogP contribution is -2.24. The Labute approximate surface area is 121 Å². The summed E-state index contributed by atoms with van der Waals surface area (Å²) in [5.41, 5.74) is 6.17. The van der Waals surface area contributed by atoms with E-state index in [1.54, 1.807) is 36.4 Å². The summed E-state index contributed by atoms with van der Waals surface area (Å²) in [7, 11) is 0. The molecule has 0 radical (unpaired) electrons. The highest BCUT2D eigenvalue weighted by molar-refractivity contribution is 5.96. The minimum Gasteiger partial charge on any atom is -0.351 e. The van der Waals surface area contributed by atoms with E-state index in [9.17, 15) is 14.0 Å². The molecular weight excluding hydrogens is 273 g/mol. The van der Waals surface area contributed by atoms with Gasteiger partial charge in [0, 0.05) is 23.4 Å². The van der Waals surface area contributed by atoms with Crippen molar-refractivity contribution in [2.45, 2.75) is 6.54 Å². The number of halogens is 1. The van der Waals surface area contributed by atoms with Gasteiger partial charge in [0.1, 0.15) is 5.82 Å². The molecule has 0 unspecified atom stereocenters. The Kier molecular flexibility index (Phi) is 4.50. The van der Waals surface area contributed by atoms with Crippen LogP contribution < -0.4 is 16.4 Å². The van der Waals surface area contributed by atoms with Crippen molar-refractivity contribution < 1.29 is 14.0 Å². The van der Waals surface area contributed by atoms with Crippen molar-refractivity contribution in [3.8, 4) is 0 Å². The molecule has 2 aromatic carbocycles. The molecule has 0 saturated heterocycles. The first-order chi connectivity index (χ1) is 10.1. The maximum atomic E-state index is 13.4. The minimum absolute atomic E-state index is 0.0823. The number of carbonyl (C=O) groups is 2. The smallest absolute Gasteiger partial charge is 0.316 e. The average Bonchev–Trinajstić information content (AvgIpc) is 2.45. The van der Waals surface area contributed by atoms with Gasteiger partial charge in [-0.25, -0.2) is 9.18 Å². The first kappa shape index (κ1) is 14.5. The summed E-state index contributed by atoms with van der Waals surface area (Å²) in [6, 6.07) is 11.8. The molecule has 5 nitrogen and oxygen atoms in total. The van der Waals surface area contributed by atoms with Gasteiger partial charge in [-0.1, -0.05) is 24.3 Å². The molecule has 0 spiro atoms. The number of carbonyl (C=O) groups excluding carboxylic acids is 2. The van der Waals surface area contributed by atoms with Gasteiger partial charge in [0.2, 0.25) is 0 Å². The lowest BCUT2D eigenvalue weighted by Gasteiger charge is -2.08. The molecule has 0 bridgehead atoms. The molecule has 2 rings (SSSR count). The maximum Gasteiger partial charge on any atom is 0.316 e. The summed E-state index contributed by atoms with van der Waals surface area (Å²) in [6.07, 6.45) is 0. The SMILES string of the molecule is NC(=O)Nc1cccc(C(=O)NCc2ccccc2F)c1. The monoisotopic (exact) mass is 287 g/mol. The van der Waals surface area contributed by atoms with Gasteiger partial charge in [0.05, 0.1) is 0 Å². The second-order valence-corrected chi connectivity index (χ2v) is 4.34. The highest BCUT2D eigenvalue weighted by Crippen LogP contribution is 2.11. The van der Waals surface area contributed by atoms with E-state index < -0.39 is 6.03 Å². The molecule has 0 fully saturated rings. The topological polar surface area (TPSA) is 84.2 Å². The third-order valence-electron chi connectivity index (χ3n) is 2.79. The molecule has 21 heavy (non-hydrogen) atoms. The lowest BCUT2D eigenvalue weighted by molar-refractivity contribution is 0.0950. The summed E-state index contributed by atoms with van der Waals surface area (Å²) in [5, 5.41) is 5.00. The number of urea groups is 1. The zero-order valence-electron chi connectivity index (χ0n) is 11.1. The molecule has 0 saturated carbocycles. The molecule has 0 aliphatic heterocycles. The zero-order valence-corrected chi connectivity index (χ0v) is 11.1. The van der Waals surface area contributed by atoms with E-state index in [1.807, 2.05) is 0 Å². The predicted octanol–water partition coefficient (Wildman–Crippen LogP) is 2.25. The van der Waals surface area contributed by atoms with E-state index in [0.717, 1.165) is 0 Å². The quantitative estimate of drug-likeness (QED) is 0.805. The van der Waals surface area contributed by atoms with E-state index in [2.05, 4.69) is 10.6 Å². The zero-order chi connectivity index (χ0) is 15.2. The standard InChI is InChI=1S/C15H14FN3O2/c16-13-7-2-1-4-11(13)9-18-14(20)10-5-3-6-12(8-10)19-15(17)21/h1-8H,9H2,(H,18,20)(H3,17,19,21). The van der Waals surface area contributed by atoms with Crippen LogP contribution in [0.15, 0.2) is 48.5 Å². The van der Waals surface area contributed by atoms with E-state index in [1.165, 1.54) is 12.1 Å². The molecule has 0 aliphatic carbocycles. The van der Waals surface area contributed by atoms with Crippen LogP contribution in [0.25, 0.3) is 0 Å². The molecule has 108 valence electrons. The number of primary amides is 1. The first-order valence-electron chi connectivity index (χ1n) is 6.24. The highest BCUT2D eigenvalue weighted by Gasteiger charge is 2.08. The fourth-order valence-corrected chi connectivity index (χ4v) is 1.80. The van der Waals surface area contributed by atoms with Gasteiger partial charge < -0.3 is 16.4 Å². The van der Waals surface area contributed by atoms with Crippen molar-refractivity contribution in [3.63, 3.8) is 0 Å². The summed E-state index contributed by atoms with van der Waals surface area (Å²) in [4.78, 5) is 22.8. The van der Waals surface area contributed by atoms with Crippen molar-refractivity contribution >= 4 is 17.6 Å². The second-order valence-electron chi connectivity index (χ2n) is 4.34. The summed E-state index contributed by atoms with van der Waals surface area (Å²) >= 11 is 0. The number of nitrogens with two attached hydrogens (primary N) is 1. The largest absolute Gasteiger partial charge is 0.351 e. The van der Waals surface area contributed by atoms with Gasteiger partial charge in [-0.2, -0.15) is 0 Å². The maximum absolute atomic E-state index is 13.4. The Bertz CT molecular complexity index is 673. The third kappa shape index (κ3) is 4.04. The fourth-order valence-electron chi connectivity index (χ4n) is 1.80. The minimum atomic E-state index is -0.709. The Hall–Kier alpha value is -2.89. The van der Waals surface area contributed by atoms with Crippen LogP contribution in [-0.4, -0.2) is 11.9 Å². The van der Waals surface area contributed by atoms with Gasteiger partial charge in [-0.05, 0) is 24.3 Å². The predicted molar refractivity (Wildman–Crippen MR) is 77.2 cm³/mol. The van der Waals surface area contributed by atoms with E-state index in [4.69, 9.17) is 5.73 Å². The first-order valence-corrected chi connectivity index (χ1v) is 6.24. The van der Waals surface area contributed by atoms with Crippen LogP contribution in [0, 0.1) is 5.82 Å². The molecule has 0 heterocycles. The second kappa shape index (κ2) is 6.51. The number of benzene rings is 2. The molecule has 2 aromatic rings. The highest BCUT2D eigenvalue weighted by atomic mass is 19.1. The summed E-state index contributed by atoms with van der Waals surface area (Å²) in [6.45, 7) is 0.0823. The number of anilines is 1. The van der Waals surface area contributed by atoms with Crippen LogP contribution in [0.4, 0.5) is 14.9 Å². The van der Waals surface area contributed by atoms with Gasteiger partial charge >= 0.3 is 6.03 Å². The van der Waals surface area contributed by atoms with Crippen molar-refractivity contribution in [2.24, 2.45) is 5.73 Å². The molecule has 4 N–H and O–H groups in total. The normalized spacial score (nSPS) is 9.95. The Morgan fingerprint density at radius 2 is 1.86 bits per heavy atom.